The standard InChI is InChI=1S/C15H23N3O2S/c1-11-7-14(5-6-18(11)2)17-21(19,20)15-4-3-12-9-16-10-13(12)8-15/h3-4,8,11,14,16-17H,5-7,9-10H2,1-2H3. The molecule has 1 fully saturated rings. The Morgan fingerprint density at radius 1 is 1.29 bits per heavy atom. The van der Waals surface area contributed by atoms with Gasteiger partial charge in [0.25, 0.3) is 0 Å². The zero-order chi connectivity index (χ0) is 15.0. The van der Waals surface area contributed by atoms with Crippen LogP contribution in [0.4, 0.5) is 0 Å². The summed E-state index contributed by atoms with van der Waals surface area (Å²) in [5.74, 6) is 0. The molecule has 2 atom stereocenters. The number of hydrogen-bond donors (Lipinski definition) is 2. The maximum absolute atomic E-state index is 12.5. The normalized spacial score (nSPS) is 26.8. The van der Waals surface area contributed by atoms with Gasteiger partial charge in [0, 0.05) is 25.2 Å². The van der Waals surface area contributed by atoms with Crippen molar-refractivity contribution in [2.45, 2.75) is 49.8 Å². The lowest BCUT2D eigenvalue weighted by atomic mass is 10.0. The first-order valence-corrected chi connectivity index (χ1v) is 8.99. The van der Waals surface area contributed by atoms with Gasteiger partial charge in [0.15, 0.2) is 0 Å². The predicted molar refractivity (Wildman–Crippen MR) is 82.4 cm³/mol. The van der Waals surface area contributed by atoms with E-state index in [0.717, 1.165) is 38.0 Å². The lowest BCUT2D eigenvalue weighted by Crippen LogP contribution is -2.47. The molecule has 116 valence electrons. The van der Waals surface area contributed by atoms with E-state index in [0.29, 0.717) is 10.9 Å². The highest BCUT2D eigenvalue weighted by Gasteiger charge is 2.27. The molecule has 2 heterocycles. The summed E-state index contributed by atoms with van der Waals surface area (Å²) in [6, 6.07) is 5.88. The zero-order valence-corrected chi connectivity index (χ0v) is 13.4. The molecule has 1 aromatic carbocycles. The molecule has 0 spiro atoms. The first-order chi connectivity index (χ1) is 9.95. The molecular weight excluding hydrogens is 286 g/mol. The molecule has 1 saturated heterocycles. The molecule has 2 aliphatic heterocycles. The Kier molecular flexibility index (Phi) is 4.05. The van der Waals surface area contributed by atoms with Crippen LogP contribution in [0.25, 0.3) is 0 Å². The Bertz CT molecular complexity index is 630. The molecule has 21 heavy (non-hydrogen) atoms. The van der Waals surface area contributed by atoms with Crippen LogP contribution in [0.1, 0.15) is 30.9 Å². The first kappa shape index (κ1) is 15.0. The van der Waals surface area contributed by atoms with Crippen molar-refractivity contribution in [3.63, 3.8) is 0 Å². The summed E-state index contributed by atoms with van der Waals surface area (Å²) in [4.78, 5) is 2.66. The van der Waals surface area contributed by atoms with Crippen LogP contribution in [-0.4, -0.2) is 39.0 Å². The quantitative estimate of drug-likeness (QED) is 0.876. The fourth-order valence-electron chi connectivity index (χ4n) is 3.12. The lowest BCUT2D eigenvalue weighted by molar-refractivity contribution is 0.178. The smallest absolute Gasteiger partial charge is 0.240 e. The van der Waals surface area contributed by atoms with E-state index >= 15 is 0 Å². The summed E-state index contributed by atoms with van der Waals surface area (Å²) in [6.45, 7) is 4.66. The molecule has 3 rings (SSSR count). The average Bonchev–Trinajstić information content (AvgIpc) is 2.90. The monoisotopic (exact) mass is 309 g/mol. The zero-order valence-electron chi connectivity index (χ0n) is 12.6. The number of likely N-dealkylation sites (tertiary alicyclic amines) is 1. The summed E-state index contributed by atoms with van der Waals surface area (Å²) < 4.78 is 28.0. The molecule has 6 heteroatoms. The maximum Gasteiger partial charge on any atom is 0.240 e. The van der Waals surface area contributed by atoms with Crippen molar-refractivity contribution in [3.05, 3.63) is 29.3 Å². The Labute approximate surface area is 126 Å². The highest BCUT2D eigenvalue weighted by molar-refractivity contribution is 7.89. The van der Waals surface area contributed by atoms with Gasteiger partial charge in [0.2, 0.25) is 10.0 Å². The minimum atomic E-state index is -3.42. The molecule has 1 aromatic rings. The van der Waals surface area contributed by atoms with Crippen LogP contribution in [0.15, 0.2) is 23.1 Å². The molecule has 2 aliphatic rings. The molecule has 0 amide bonds. The van der Waals surface area contributed by atoms with Crippen molar-refractivity contribution in [3.8, 4) is 0 Å². The van der Waals surface area contributed by atoms with E-state index in [1.807, 2.05) is 6.07 Å². The van der Waals surface area contributed by atoms with Crippen molar-refractivity contribution >= 4 is 10.0 Å². The van der Waals surface area contributed by atoms with Gasteiger partial charge < -0.3 is 10.2 Å². The van der Waals surface area contributed by atoms with Crippen LogP contribution in [0, 0.1) is 0 Å². The third-order valence-electron chi connectivity index (χ3n) is 4.65. The van der Waals surface area contributed by atoms with E-state index < -0.39 is 10.0 Å². The van der Waals surface area contributed by atoms with Crippen LogP contribution in [0.2, 0.25) is 0 Å². The second-order valence-corrected chi connectivity index (χ2v) is 7.92. The van der Waals surface area contributed by atoms with Gasteiger partial charge in [-0.2, -0.15) is 0 Å². The highest BCUT2D eigenvalue weighted by atomic mass is 32.2. The molecule has 0 radical (unpaired) electrons. The third-order valence-corrected chi connectivity index (χ3v) is 6.17. The van der Waals surface area contributed by atoms with E-state index in [9.17, 15) is 8.42 Å². The van der Waals surface area contributed by atoms with Crippen molar-refractivity contribution in [2.75, 3.05) is 13.6 Å². The van der Waals surface area contributed by atoms with Gasteiger partial charge in [0.05, 0.1) is 4.90 Å². The molecule has 0 aromatic heterocycles. The van der Waals surface area contributed by atoms with Gasteiger partial charge in [-0.3, -0.25) is 0 Å². The summed E-state index contributed by atoms with van der Waals surface area (Å²) >= 11 is 0. The number of rotatable bonds is 3. The van der Waals surface area contributed by atoms with Crippen molar-refractivity contribution in [1.29, 1.82) is 0 Å². The van der Waals surface area contributed by atoms with E-state index in [1.165, 1.54) is 5.56 Å². The van der Waals surface area contributed by atoms with Crippen LogP contribution in [0.3, 0.4) is 0 Å². The van der Waals surface area contributed by atoms with Gasteiger partial charge in [-0.1, -0.05) is 6.07 Å². The summed E-state index contributed by atoms with van der Waals surface area (Å²) in [5.41, 5.74) is 2.29. The summed E-state index contributed by atoms with van der Waals surface area (Å²) in [5, 5.41) is 3.24. The highest BCUT2D eigenvalue weighted by Crippen LogP contribution is 2.22. The topological polar surface area (TPSA) is 61.4 Å². The lowest BCUT2D eigenvalue weighted by Gasteiger charge is -2.35. The Morgan fingerprint density at radius 2 is 2.05 bits per heavy atom. The Hall–Kier alpha value is -0.950. The fourth-order valence-corrected chi connectivity index (χ4v) is 4.46. The number of nitrogens with zero attached hydrogens (tertiary/aromatic N) is 1. The van der Waals surface area contributed by atoms with Crippen LogP contribution in [0.5, 0.6) is 0 Å². The second-order valence-electron chi connectivity index (χ2n) is 6.21. The van der Waals surface area contributed by atoms with Crippen LogP contribution >= 0.6 is 0 Å². The Morgan fingerprint density at radius 3 is 2.81 bits per heavy atom. The van der Waals surface area contributed by atoms with Gasteiger partial charge in [0.1, 0.15) is 0 Å². The predicted octanol–water partition coefficient (Wildman–Crippen LogP) is 1.05. The number of sulfonamides is 1. The number of piperidine rings is 1. The van der Waals surface area contributed by atoms with E-state index in [2.05, 4.69) is 28.9 Å². The summed E-state index contributed by atoms with van der Waals surface area (Å²) in [7, 11) is -1.33. The maximum atomic E-state index is 12.5. The number of nitrogens with one attached hydrogen (secondary N) is 2. The largest absolute Gasteiger partial charge is 0.309 e. The van der Waals surface area contributed by atoms with E-state index in [-0.39, 0.29) is 6.04 Å². The molecule has 0 aliphatic carbocycles. The summed E-state index contributed by atoms with van der Waals surface area (Å²) in [6.07, 6.45) is 1.73. The second kappa shape index (κ2) is 5.68. The van der Waals surface area contributed by atoms with Gasteiger partial charge in [-0.05, 0) is 56.6 Å². The minimum Gasteiger partial charge on any atom is -0.309 e. The molecule has 0 bridgehead atoms. The average molecular weight is 309 g/mol. The molecule has 2 N–H and O–H groups in total. The van der Waals surface area contributed by atoms with Gasteiger partial charge >= 0.3 is 0 Å². The first-order valence-electron chi connectivity index (χ1n) is 7.51. The molecule has 2 unspecified atom stereocenters. The molecular formula is C15H23N3O2S. The number of hydrogen-bond acceptors (Lipinski definition) is 4. The van der Waals surface area contributed by atoms with Crippen molar-refractivity contribution in [2.24, 2.45) is 0 Å². The minimum absolute atomic E-state index is 0.0348. The molecule has 0 saturated carbocycles. The van der Waals surface area contributed by atoms with Crippen molar-refractivity contribution < 1.29 is 8.42 Å². The molecule has 5 nitrogen and oxygen atoms in total. The van der Waals surface area contributed by atoms with Crippen LogP contribution in [-0.2, 0) is 23.1 Å². The van der Waals surface area contributed by atoms with E-state index in [4.69, 9.17) is 0 Å². The Balaban J connectivity index is 1.75. The van der Waals surface area contributed by atoms with Crippen molar-refractivity contribution in [1.82, 2.24) is 14.9 Å². The van der Waals surface area contributed by atoms with E-state index in [1.54, 1.807) is 12.1 Å². The number of fused-ring (bicyclic) bond motifs is 1. The SMILES string of the molecule is CC1CC(NS(=O)(=O)c2ccc3c(c2)CNC3)CCN1C. The number of benzene rings is 1. The third kappa shape index (κ3) is 3.13. The van der Waals surface area contributed by atoms with Gasteiger partial charge in [-0.25, -0.2) is 13.1 Å². The van der Waals surface area contributed by atoms with Crippen LogP contribution < -0.4 is 10.0 Å². The fraction of sp³-hybridized carbons (Fsp3) is 0.600. The van der Waals surface area contributed by atoms with Gasteiger partial charge in [-0.15, -0.1) is 0 Å².